The van der Waals surface area contributed by atoms with Gasteiger partial charge in [-0.1, -0.05) is 0 Å². The first-order valence-corrected chi connectivity index (χ1v) is 7.71. The Morgan fingerprint density at radius 3 is 2.28 bits per heavy atom. The van der Waals surface area contributed by atoms with Crippen LogP contribution in [0.1, 0.15) is 49.4 Å². The first-order valence-electron chi connectivity index (χ1n) is 7.71. The van der Waals surface area contributed by atoms with E-state index in [9.17, 15) is 0 Å². The predicted molar refractivity (Wildman–Crippen MR) is 73.3 cm³/mol. The van der Waals surface area contributed by atoms with Crippen LogP contribution in [0, 0.1) is 23.7 Å². The maximum atomic E-state index is 5.64. The fraction of sp³-hybridized carbons (Fsp3) is 0.750. The molecule has 1 aromatic rings. The summed E-state index contributed by atoms with van der Waals surface area (Å²) in [6.07, 6.45) is 8.55. The second-order valence-corrected chi connectivity index (χ2v) is 6.93. The van der Waals surface area contributed by atoms with Crippen LogP contribution < -0.4 is 5.73 Å². The van der Waals surface area contributed by atoms with E-state index in [1.54, 1.807) is 6.42 Å². The average Bonchev–Trinajstić information content (AvgIpc) is 2.76. The van der Waals surface area contributed by atoms with Gasteiger partial charge in [-0.3, -0.25) is 0 Å². The molecule has 0 amide bonds. The van der Waals surface area contributed by atoms with Crippen molar-refractivity contribution in [3.63, 3.8) is 0 Å². The molecule has 4 saturated carbocycles. The molecule has 4 aliphatic rings. The molecular weight excluding hydrogens is 220 g/mol. The molecule has 4 fully saturated rings. The first kappa shape index (κ1) is 11.1. The van der Waals surface area contributed by atoms with Crippen LogP contribution >= 0.6 is 0 Å². The van der Waals surface area contributed by atoms with E-state index in [1.807, 2.05) is 0 Å². The summed E-state index contributed by atoms with van der Waals surface area (Å²) in [6.45, 7) is 0.752. The second-order valence-electron chi connectivity index (χ2n) is 6.93. The number of nitrogens with one attached hydrogen (secondary N) is 1. The van der Waals surface area contributed by atoms with Crippen molar-refractivity contribution in [2.45, 2.75) is 44.4 Å². The van der Waals surface area contributed by atoms with Gasteiger partial charge in [0.25, 0.3) is 0 Å². The van der Waals surface area contributed by atoms with Crippen LogP contribution in [0.4, 0.5) is 0 Å². The third-order valence-electron chi connectivity index (χ3n) is 5.77. The Kier molecular flexibility index (Phi) is 2.54. The number of rotatable bonds is 3. The van der Waals surface area contributed by atoms with Crippen molar-refractivity contribution in [1.82, 2.24) is 4.98 Å². The van der Waals surface area contributed by atoms with Crippen LogP contribution in [0.3, 0.4) is 0 Å². The van der Waals surface area contributed by atoms with Gasteiger partial charge in [0.2, 0.25) is 0 Å². The molecule has 0 radical (unpaired) electrons. The van der Waals surface area contributed by atoms with Gasteiger partial charge in [-0.15, -0.1) is 0 Å². The summed E-state index contributed by atoms with van der Waals surface area (Å²) >= 11 is 0. The third kappa shape index (κ3) is 1.65. The second kappa shape index (κ2) is 4.12. The summed E-state index contributed by atoms with van der Waals surface area (Å²) in [6, 6.07) is 4.60. The van der Waals surface area contributed by atoms with E-state index in [2.05, 4.69) is 17.1 Å². The number of hydrogen-bond acceptors (Lipinski definition) is 1. The van der Waals surface area contributed by atoms with E-state index in [-0.39, 0.29) is 0 Å². The molecule has 5 rings (SSSR count). The quantitative estimate of drug-likeness (QED) is 0.843. The SMILES string of the molecule is NCCc1ccc(C2C3CC4CC(C3)CC2C4)[nH]1. The van der Waals surface area contributed by atoms with Crippen molar-refractivity contribution >= 4 is 0 Å². The summed E-state index contributed by atoms with van der Waals surface area (Å²) in [5.41, 5.74) is 8.50. The van der Waals surface area contributed by atoms with Gasteiger partial charge in [-0.25, -0.2) is 0 Å². The number of nitrogens with two attached hydrogens (primary N) is 1. The van der Waals surface area contributed by atoms with Gasteiger partial charge in [0.15, 0.2) is 0 Å². The number of H-pyrrole nitrogens is 1. The fourth-order valence-corrected chi connectivity index (χ4v) is 5.39. The van der Waals surface area contributed by atoms with Crippen molar-refractivity contribution in [3.05, 3.63) is 23.5 Å². The maximum Gasteiger partial charge on any atom is 0.0186 e. The molecular formula is C16H24N2. The monoisotopic (exact) mass is 244 g/mol. The van der Waals surface area contributed by atoms with Gasteiger partial charge in [0.1, 0.15) is 0 Å². The lowest BCUT2D eigenvalue weighted by molar-refractivity contribution is -0.00402. The predicted octanol–water partition coefficient (Wildman–Crippen LogP) is 3.06. The lowest BCUT2D eigenvalue weighted by Gasteiger charge is -2.54. The molecule has 0 aromatic carbocycles. The largest absolute Gasteiger partial charge is 0.362 e. The van der Waals surface area contributed by atoms with Crippen molar-refractivity contribution in [1.29, 1.82) is 0 Å². The fourth-order valence-electron chi connectivity index (χ4n) is 5.39. The van der Waals surface area contributed by atoms with Gasteiger partial charge in [0.05, 0.1) is 0 Å². The summed E-state index contributed by atoms with van der Waals surface area (Å²) in [5, 5.41) is 0. The van der Waals surface area contributed by atoms with Gasteiger partial charge < -0.3 is 10.7 Å². The van der Waals surface area contributed by atoms with Crippen LogP contribution in [-0.2, 0) is 6.42 Å². The highest BCUT2D eigenvalue weighted by atomic mass is 14.8. The molecule has 1 heterocycles. The Morgan fingerprint density at radius 1 is 1.00 bits per heavy atom. The molecule has 0 atom stereocenters. The highest BCUT2D eigenvalue weighted by Crippen LogP contribution is 2.59. The molecule has 4 bridgehead atoms. The highest BCUT2D eigenvalue weighted by molar-refractivity contribution is 5.21. The van der Waals surface area contributed by atoms with Gasteiger partial charge in [0, 0.05) is 17.3 Å². The Labute approximate surface area is 109 Å². The molecule has 1 aromatic heterocycles. The maximum absolute atomic E-state index is 5.64. The van der Waals surface area contributed by atoms with Gasteiger partial charge in [-0.2, -0.15) is 0 Å². The Balaban J connectivity index is 1.60. The zero-order valence-electron chi connectivity index (χ0n) is 11.1. The van der Waals surface area contributed by atoms with Gasteiger partial charge in [-0.05, 0) is 80.9 Å². The number of aromatic nitrogens is 1. The van der Waals surface area contributed by atoms with E-state index in [1.165, 1.54) is 37.1 Å². The summed E-state index contributed by atoms with van der Waals surface area (Å²) in [4.78, 5) is 3.66. The highest BCUT2D eigenvalue weighted by Gasteiger charge is 2.48. The van der Waals surface area contributed by atoms with Crippen molar-refractivity contribution in [2.75, 3.05) is 6.54 Å². The van der Waals surface area contributed by atoms with Gasteiger partial charge >= 0.3 is 0 Å². The number of hydrogen-bond donors (Lipinski definition) is 2. The van der Waals surface area contributed by atoms with Crippen molar-refractivity contribution < 1.29 is 0 Å². The zero-order valence-corrected chi connectivity index (χ0v) is 11.1. The zero-order chi connectivity index (χ0) is 12.1. The van der Waals surface area contributed by atoms with Crippen LogP contribution in [0.15, 0.2) is 12.1 Å². The summed E-state index contributed by atoms with van der Waals surface area (Å²) < 4.78 is 0. The summed E-state index contributed by atoms with van der Waals surface area (Å²) in [7, 11) is 0. The van der Waals surface area contributed by atoms with E-state index in [0.717, 1.165) is 42.6 Å². The number of aromatic amines is 1. The molecule has 2 heteroatoms. The first-order chi connectivity index (χ1) is 8.83. The van der Waals surface area contributed by atoms with Crippen LogP contribution in [0.5, 0.6) is 0 Å². The Bertz CT molecular complexity index is 406. The lowest BCUT2D eigenvalue weighted by atomic mass is 9.51. The van der Waals surface area contributed by atoms with Crippen molar-refractivity contribution in [2.24, 2.45) is 29.4 Å². The molecule has 0 saturated heterocycles. The van der Waals surface area contributed by atoms with E-state index >= 15 is 0 Å². The molecule has 2 nitrogen and oxygen atoms in total. The summed E-state index contributed by atoms with van der Waals surface area (Å²) in [5.74, 6) is 4.94. The molecule has 4 aliphatic carbocycles. The van der Waals surface area contributed by atoms with E-state index in [0.29, 0.717) is 0 Å². The van der Waals surface area contributed by atoms with E-state index in [4.69, 9.17) is 5.73 Å². The normalized spacial score (nSPS) is 41.5. The van der Waals surface area contributed by atoms with Crippen molar-refractivity contribution in [3.8, 4) is 0 Å². The molecule has 0 aliphatic heterocycles. The lowest BCUT2D eigenvalue weighted by Crippen LogP contribution is -2.43. The average molecular weight is 244 g/mol. The minimum atomic E-state index is 0.752. The Hall–Kier alpha value is -0.760. The topological polar surface area (TPSA) is 41.8 Å². The van der Waals surface area contributed by atoms with Crippen LogP contribution in [0.2, 0.25) is 0 Å². The third-order valence-corrected chi connectivity index (χ3v) is 5.77. The Morgan fingerprint density at radius 2 is 1.67 bits per heavy atom. The standard InChI is InChI=1S/C16H24N2/c17-4-3-14-1-2-15(18-14)16-12-6-10-5-11(8-12)9-13(16)7-10/h1-2,10-13,16,18H,3-9,17H2. The molecule has 18 heavy (non-hydrogen) atoms. The van der Waals surface area contributed by atoms with E-state index < -0.39 is 0 Å². The minimum absolute atomic E-state index is 0.752. The molecule has 3 N–H and O–H groups in total. The minimum Gasteiger partial charge on any atom is -0.362 e. The molecule has 0 spiro atoms. The van der Waals surface area contributed by atoms with Crippen LogP contribution in [-0.4, -0.2) is 11.5 Å². The molecule has 98 valence electrons. The smallest absolute Gasteiger partial charge is 0.0186 e. The van der Waals surface area contributed by atoms with Crippen LogP contribution in [0.25, 0.3) is 0 Å². The molecule has 0 unspecified atom stereocenters.